The molecular weight excluding hydrogens is 523 g/mol. The van der Waals surface area contributed by atoms with Gasteiger partial charge >= 0.3 is 0 Å². The first-order valence-corrected chi connectivity index (χ1v) is 14.4. The van der Waals surface area contributed by atoms with Crippen molar-refractivity contribution in [2.24, 2.45) is 4.99 Å². The van der Waals surface area contributed by atoms with Gasteiger partial charge in [-0.25, -0.2) is 4.39 Å². The molecule has 38 heavy (non-hydrogen) atoms. The monoisotopic (exact) mass is 564 g/mol. The number of likely N-dealkylation sites (N-methyl/N-ethyl adjacent to an activating group) is 1. The van der Waals surface area contributed by atoms with E-state index < -0.39 is 22.5 Å². The highest BCUT2D eigenvalue weighted by Crippen LogP contribution is 2.37. The van der Waals surface area contributed by atoms with Crippen molar-refractivity contribution in [3.63, 3.8) is 0 Å². The van der Waals surface area contributed by atoms with Crippen molar-refractivity contribution in [1.82, 2.24) is 15.5 Å². The van der Waals surface area contributed by atoms with Crippen LogP contribution in [0.2, 0.25) is 0 Å². The van der Waals surface area contributed by atoms with E-state index >= 15 is 0 Å². The van der Waals surface area contributed by atoms with Gasteiger partial charge in [-0.1, -0.05) is 18.2 Å². The number of amides is 2. The summed E-state index contributed by atoms with van der Waals surface area (Å²) in [6.45, 7) is 12.4. The van der Waals surface area contributed by atoms with Crippen molar-refractivity contribution in [2.75, 3.05) is 19.8 Å². The van der Waals surface area contributed by atoms with Gasteiger partial charge in [-0.3, -0.25) is 19.4 Å². The molecule has 1 heterocycles. The Morgan fingerprint density at radius 1 is 1.39 bits per heavy atom. The van der Waals surface area contributed by atoms with Gasteiger partial charge in [0.05, 0.1) is 5.70 Å². The minimum absolute atomic E-state index is 0.0757. The Kier molecular flexibility index (Phi) is 11.6. The molecule has 2 amide bonds. The predicted octanol–water partition coefficient (Wildman–Crippen LogP) is 4.34. The van der Waals surface area contributed by atoms with Gasteiger partial charge in [-0.15, -0.1) is 11.8 Å². The third kappa shape index (κ3) is 8.41. The van der Waals surface area contributed by atoms with Crippen LogP contribution in [0.3, 0.4) is 0 Å². The number of likely N-dealkylation sites (tertiary alicyclic amines) is 1. The number of halogens is 1. The van der Waals surface area contributed by atoms with E-state index in [4.69, 9.17) is 0 Å². The lowest BCUT2D eigenvalue weighted by Crippen LogP contribution is -2.57. The number of aryl methyl sites for hydroxylation is 1. The maximum absolute atomic E-state index is 13.1. The van der Waals surface area contributed by atoms with Crippen LogP contribution in [0.15, 0.2) is 28.9 Å². The number of nitrogens with zero attached hydrogens (tertiary/aromatic N) is 2. The second-order valence-corrected chi connectivity index (χ2v) is 12.3. The van der Waals surface area contributed by atoms with Gasteiger partial charge in [0.25, 0.3) is 0 Å². The molecule has 210 valence electrons. The summed E-state index contributed by atoms with van der Waals surface area (Å²) in [5, 5.41) is 6.10. The molecule has 1 aromatic rings. The number of carbonyl (C=O) groups is 3. The third-order valence-electron chi connectivity index (χ3n) is 6.85. The third-order valence-corrected chi connectivity index (χ3v) is 8.04. The number of aldehydes is 1. The Bertz CT molecular complexity index is 1070. The number of allylic oxidation sites excluding steroid dienone is 1. The minimum Gasteiger partial charge on any atom is -0.350 e. The highest BCUT2D eigenvalue weighted by Gasteiger charge is 2.43. The number of alkyl halides is 1. The van der Waals surface area contributed by atoms with Crippen LogP contribution >= 0.6 is 24.4 Å². The number of thioether (sulfide) groups is 1. The quantitative estimate of drug-likeness (QED) is 0.224. The zero-order chi connectivity index (χ0) is 28.7. The first-order chi connectivity index (χ1) is 17.8. The van der Waals surface area contributed by atoms with Crippen molar-refractivity contribution < 1.29 is 18.8 Å². The van der Waals surface area contributed by atoms with Crippen LogP contribution in [0.25, 0.3) is 4.91 Å². The van der Waals surface area contributed by atoms with E-state index in [0.717, 1.165) is 33.7 Å². The van der Waals surface area contributed by atoms with Crippen molar-refractivity contribution >= 4 is 54.1 Å². The van der Waals surface area contributed by atoms with Crippen LogP contribution in [-0.2, 0) is 20.9 Å². The summed E-state index contributed by atoms with van der Waals surface area (Å²) in [7, 11) is 1.75. The van der Waals surface area contributed by atoms with Crippen LogP contribution in [0.1, 0.15) is 63.1 Å². The molecule has 1 saturated carbocycles. The molecule has 1 aliphatic carbocycles. The van der Waals surface area contributed by atoms with Crippen molar-refractivity contribution in [2.45, 2.75) is 82.4 Å². The summed E-state index contributed by atoms with van der Waals surface area (Å²) in [6.07, 6.45) is 4.78. The zero-order valence-electron chi connectivity index (χ0n) is 23.3. The molecule has 0 bridgehead atoms. The fourth-order valence-corrected chi connectivity index (χ4v) is 5.33. The Morgan fingerprint density at radius 3 is 2.50 bits per heavy atom. The molecule has 3 rings (SSSR count). The first-order valence-electron chi connectivity index (χ1n) is 12.8. The smallest absolute Gasteiger partial charge is 0.243 e. The number of carbonyl (C=O) groups excluding carboxylic acids is 3. The van der Waals surface area contributed by atoms with Gasteiger partial charge in [0.15, 0.2) is 12.0 Å². The number of hydrogen-bond donors (Lipinski definition) is 3. The van der Waals surface area contributed by atoms with Gasteiger partial charge in [0, 0.05) is 22.7 Å². The highest BCUT2D eigenvalue weighted by molar-refractivity contribution is 8.07. The standard InChI is InChI=1S/C24H36N4O2S2.C4H5FO/c1-15-13-17(20(32-7)16(2)25-5)10-11-18(15)14-27-22(29)19-9-8-12-28(19)23(30)21(26-6)24(3,4)31;5-4(3-6)1-2-4/h10-11,13,19,21,26,31H,5,8-9,12,14H2,1-4,6-7H3,(H,27,29);3H,1-2H2/b20-16-;/t19-,21?;/m0./s1. The molecule has 2 N–H and O–H groups in total. The van der Waals surface area contributed by atoms with Gasteiger partial charge in [0.1, 0.15) is 12.1 Å². The molecule has 1 aliphatic heterocycles. The lowest BCUT2D eigenvalue weighted by atomic mass is 10.0. The summed E-state index contributed by atoms with van der Waals surface area (Å²) in [4.78, 5) is 42.4. The Balaban J connectivity index is 0.000000739. The molecular formula is C28H41FN4O3S2. The lowest BCUT2D eigenvalue weighted by molar-refractivity contribution is -0.140. The zero-order valence-corrected chi connectivity index (χ0v) is 25.0. The highest BCUT2D eigenvalue weighted by atomic mass is 32.2. The van der Waals surface area contributed by atoms with Crippen LogP contribution in [0, 0.1) is 6.92 Å². The van der Waals surface area contributed by atoms with Crippen molar-refractivity contribution in [3.05, 3.63) is 40.6 Å². The van der Waals surface area contributed by atoms with E-state index in [1.54, 1.807) is 23.7 Å². The fourth-order valence-electron chi connectivity index (χ4n) is 4.37. The summed E-state index contributed by atoms with van der Waals surface area (Å²) in [5.41, 5.74) is 2.74. The topological polar surface area (TPSA) is 90.9 Å². The molecule has 2 fully saturated rings. The molecule has 1 unspecified atom stereocenters. The van der Waals surface area contributed by atoms with Crippen LogP contribution < -0.4 is 10.6 Å². The van der Waals surface area contributed by atoms with Gasteiger partial charge in [-0.2, -0.15) is 12.6 Å². The molecule has 0 radical (unpaired) electrons. The van der Waals surface area contributed by atoms with E-state index in [-0.39, 0.29) is 11.8 Å². The molecule has 2 atom stereocenters. The number of hydrogen-bond acceptors (Lipinski definition) is 7. The summed E-state index contributed by atoms with van der Waals surface area (Å²) in [6, 6.07) is 5.30. The average molecular weight is 565 g/mol. The molecule has 1 saturated heterocycles. The molecule has 10 heteroatoms. The lowest BCUT2D eigenvalue weighted by Gasteiger charge is -2.34. The van der Waals surface area contributed by atoms with Crippen molar-refractivity contribution in [1.29, 1.82) is 0 Å². The maximum Gasteiger partial charge on any atom is 0.243 e. The van der Waals surface area contributed by atoms with Gasteiger partial charge < -0.3 is 15.5 Å². The Hall–Kier alpha value is -2.17. The first kappa shape index (κ1) is 32.0. The fraction of sp³-hybridized carbons (Fsp3) is 0.571. The van der Waals surface area contributed by atoms with E-state index in [1.807, 2.05) is 46.1 Å². The molecule has 2 aliphatic rings. The van der Waals surface area contributed by atoms with E-state index in [2.05, 4.69) is 41.0 Å². The maximum atomic E-state index is 13.1. The molecule has 7 nitrogen and oxygen atoms in total. The average Bonchev–Trinajstić information content (AvgIpc) is 3.41. The van der Waals surface area contributed by atoms with Crippen LogP contribution in [-0.4, -0.2) is 72.1 Å². The van der Waals surface area contributed by atoms with E-state index in [9.17, 15) is 18.8 Å². The van der Waals surface area contributed by atoms with E-state index in [1.165, 1.54) is 0 Å². The van der Waals surface area contributed by atoms with Crippen molar-refractivity contribution in [3.8, 4) is 0 Å². The summed E-state index contributed by atoms with van der Waals surface area (Å²) >= 11 is 6.21. The Morgan fingerprint density at radius 2 is 2.05 bits per heavy atom. The second-order valence-electron chi connectivity index (χ2n) is 10.4. The molecule has 0 aromatic heterocycles. The predicted molar refractivity (Wildman–Crippen MR) is 158 cm³/mol. The number of benzene rings is 1. The largest absolute Gasteiger partial charge is 0.350 e. The van der Waals surface area contributed by atoms with Gasteiger partial charge in [-0.05, 0) is 90.1 Å². The SMILES string of the molecule is C=N/C(C)=C(\SC)c1ccc(CNC(=O)[C@@H]2CCCN2C(=O)C(NC)C(C)(C)S)c(C)c1.O=CC1(F)CC1. The normalized spacial score (nSPS) is 19.5. The number of rotatable bonds is 10. The summed E-state index contributed by atoms with van der Waals surface area (Å²) in [5.74, 6) is -0.184. The van der Waals surface area contributed by atoms with Gasteiger partial charge in [0.2, 0.25) is 11.8 Å². The molecule has 0 spiro atoms. The second kappa shape index (κ2) is 13.8. The number of thiol groups is 1. The minimum atomic E-state index is -1.39. The number of aliphatic imine (C=N–C) groups is 1. The number of nitrogens with one attached hydrogen (secondary N) is 2. The van der Waals surface area contributed by atoms with Crippen LogP contribution in [0.4, 0.5) is 4.39 Å². The van der Waals surface area contributed by atoms with E-state index in [0.29, 0.717) is 38.6 Å². The molecule has 1 aromatic carbocycles. The summed E-state index contributed by atoms with van der Waals surface area (Å²) < 4.78 is 11.3. The Labute approximate surface area is 235 Å². The van der Waals surface area contributed by atoms with Crippen LogP contribution in [0.5, 0.6) is 0 Å².